The van der Waals surface area contributed by atoms with Crippen LogP contribution >= 0.6 is 0 Å². The molecule has 1 saturated heterocycles. The van der Waals surface area contributed by atoms with Gasteiger partial charge in [-0.15, -0.1) is 0 Å². The SMILES string of the molecule is COc1ccc(C2=NN(C(=O)CN3C(=O)C(=O)N(Cc4ccco4)C3=O)C(c3ccco3)C2)cc1. The number of carbonyl (C=O) groups excluding carboxylic acids is 4. The number of methoxy groups -OCH3 is 1. The molecule has 0 bridgehead atoms. The lowest BCUT2D eigenvalue weighted by molar-refractivity contribution is -0.145. The zero-order valence-electron chi connectivity index (χ0n) is 18.6. The highest BCUT2D eigenvalue weighted by molar-refractivity contribution is 6.44. The molecule has 11 heteroatoms. The largest absolute Gasteiger partial charge is 0.497 e. The average molecular weight is 476 g/mol. The van der Waals surface area contributed by atoms with Crippen LogP contribution in [0.5, 0.6) is 5.75 Å². The van der Waals surface area contributed by atoms with Crippen molar-refractivity contribution < 1.29 is 32.7 Å². The van der Waals surface area contributed by atoms with E-state index < -0.39 is 36.3 Å². The van der Waals surface area contributed by atoms with Crippen molar-refractivity contribution in [2.24, 2.45) is 5.10 Å². The standard InChI is InChI=1S/C24H20N4O7/c1-33-16-8-6-15(7-9-16)18-12-19(20-5-3-11-35-20)28(25-18)21(29)14-27-23(31)22(30)26(24(27)32)13-17-4-2-10-34-17/h2-11,19H,12-14H2,1H3. The molecule has 2 aliphatic rings. The van der Waals surface area contributed by atoms with Crippen molar-refractivity contribution in [3.05, 3.63) is 78.1 Å². The van der Waals surface area contributed by atoms with Gasteiger partial charge in [-0.2, -0.15) is 5.10 Å². The first-order valence-electron chi connectivity index (χ1n) is 10.7. The Labute approximate surface area is 199 Å². The van der Waals surface area contributed by atoms with E-state index >= 15 is 0 Å². The van der Waals surface area contributed by atoms with Gasteiger partial charge in [0, 0.05) is 6.42 Å². The Hall–Kier alpha value is -4.67. The summed E-state index contributed by atoms with van der Waals surface area (Å²) in [4.78, 5) is 52.3. The minimum atomic E-state index is -1.08. The quantitative estimate of drug-likeness (QED) is 0.379. The van der Waals surface area contributed by atoms with Crippen molar-refractivity contribution in [1.29, 1.82) is 0 Å². The number of urea groups is 1. The predicted octanol–water partition coefficient (Wildman–Crippen LogP) is 2.55. The number of furan rings is 2. The van der Waals surface area contributed by atoms with Gasteiger partial charge in [-0.1, -0.05) is 0 Å². The molecule has 0 radical (unpaired) electrons. The predicted molar refractivity (Wildman–Crippen MR) is 119 cm³/mol. The van der Waals surface area contributed by atoms with Crippen molar-refractivity contribution in [2.75, 3.05) is 13.7 Å². The first-order valence-corrected chi connectivity index (χ1v) is 10.7. The summed E-state index contributed by atoms with van der Waals surface area (Å²) in [5, 5.41) is 5.67. The van der Waals surface area contributed by atoms with Gasteiger partial charge in [0.25, 0.3) is 5.91 Å². The number of hydrogen-bond donors (Lipinski definition) is 0. The molecule has 0 spiro atoms. The van der Waals surface area contributed by atoms with E-state index in [2.05, 4.69) is 5.10 Å². The number of amides is 5. The molecular weight excluding hydrogens is 456 g/mol. The van der Waals surface area contributed by atoms with E-state index in [-0.39, 0.29) is 6.54 Å². The fourth-order valence-corrected chi connectivity index (χ4v) is 4.00. The molecule has 2 aromatic heterocycles. The van der Waals surface area contributed by atoms with Crippen molar-refractivity contribution >= 4 is 29.5 Å². The maximum absolute atomic E-state index is 13.3. The molecule has 5 rings (SSSR count). The lowest BCUT2D eigenvalue weighted by Crippen LogP contribution is -2.41. The van der Waals surface area contributed by atoms with Gasteiger partial charge >= 0.3 is 17.8 Å². The van der Waals surface area contributed by atoms with Gasteiger partial charge in [-0.25, -0.2) is 19.6 Å². The smallest absolute Gasteiger partial charge is 0.335 e. The van der Waals surface area contributed by atoms with Crippen molar-refractivity contribution in [3.63, 3.8) is 0 Å². The van der Waals surface area contributed by atoms with E-state index in [1.54, 1.807) is 43.5 Å². The van der Waals surface area contributed by atoms with Crippen LogP contribution in [0.1, 0.15) is 29.5 Å². The molecule has 1 fully saturated rings. The molecule has 35 heavy (non-hydrogen) atoms. The Morgan fingerprint density at radius 1 is 1.00 bits per heavy atom. The lowest BCUT2D eigenvalue weighted by atomic mass is 10.0. The second kappa shape index (κ2) is 8.93. The number of hydrazone groups is 1. The van der Waals surface area contributed by atoms with Crippen molar-refractivity contribution in [1.82, 2.24) is 14.8 Å². The first kappa shape index (κ1) is 22.1. The molecule has 0 aliphatic carbocycles. The fraction of sp³-hybridized carbons (Fsp3) is 0.208. The highest BCUT2D eigenvalue weighted by Crippen LogP contribution is 2.33. The van der Waals surface area contributed by atoms with E-state index in [0.717, 1.165) is 10.5 Å². The minimum absolute atomic E-state index is 0.209. The fourth-order valence-electron chi connectivity index (χ4n) is 4.00. The Morgan fingerprint density at radius 3 is 2.37 bits per heavy atom. The molecule has 1 atom stereocenters. The molecule has 0 saturated carbocycles. The number of benzene rings is 1. The minimum Gasteiger partial charge on any atom is -0.497 e. The number of rotatable bonds is 7. The van der Waals surface area contributed by atoms with Crippen LogP contribution in [-0.4, -0.2) is 57.9 Å². The van der Waals surface area contributed by atoms with Crippen LogP contribution in [0.3, 0.4) is 0 Å². The first-order chi connectivity index (χ1) is 17.0. The summed E-state index contributed by atoms with van der Waals surface area (Å²) in [6.45, 7) is -0.853. The summed E-state index contributed by atoms with van der Waals surface area (Å²) >= 11 is 0. The molecule has 11 nitrogen and oxygen atoms in total. The van der Waals surface area contributed by atoms with E-state index in [1.165, 1.54) is 17.5 Å². The van der Waals surface area contributed by atoms with Crippen LogP contribution in [-0.2, 0) is 20.9 Å². The summed E-state index contributed by atoms with van der Waals surface area (Å²) in [7, 11) is 1.57. The second-order valence-electron chi connectivity index (χ2n) is 7.89. The molecule has 1 aromatic carbocycles. The van der Waals surface area contributed by atoms with Crippen LogP contribution in [0.25, 0.3) is 0 Å². The summed E-state index contributed by atoms with van der Waals surface area (Å²) < 4.78 is 15.9. The molecular formula is C24H20N4O7. The van der Waals surface area contributed by atoms with Gasteiger partial charge < -0.3 is 13.6 Å². The maximum atomic E-state index is 13.3. The number of nitrogens with zero attached hydrogens (tertiary/aromatic N) is 4. The van der Waals surface area contributed by atoms with Crippen LogP contribution < -0.4 is 4.74 Å². The molecule has 5 amide bonds. The van der Waals surface area contributed by atoms with Gasteiger partial charge in [0.1, 0.15) is 29.9 Å². The van der Waals surface area contributed by atoms with Gasteiger partial charge in [0.15, 0.2) is 0 Å². The van der Waals surface area contributed by atoms with Crippen LogP contribution in [0.2, 0.25) is 0 Å². The molecule has 3 aromatic rings. The Balaban J connectivity index is 1.37. The molecule has 2 aliphatic heterocycles. The molecule has 1 unspecified atom stereocenters. The van der Waals surface area contributed by atoms with E-state index in [0.29, 0.717) is 34.3 Å². The Bertz CT molecular complexity index is 1300. The number of hydrogen-bond acceptors (Lipinski definition) is 8. The van der Waals surface area contributed by atoms with Crippen molar-refractivity contribution in [2.45, 2.75) is 19.0 Å². The normalized spacial score (nSPS) is 18.0. The van der Waals surface area contributed by atoms with E-state index in [1.807, 2.05) is 12.1 Å². The molecule has 178 valence electrons. The number of imide groups is 2. The Kier molecular flexibility index (Phi) is 5.65. The molecule has 0 N–H and O–H groups in total. The summed E-state index contributed by atoms with van der Waals surface area (Å²) in [5.41, 5.74) is 1.41. The summed E-state index contributed by atoms with van der Waals surface area (Å²) in [6.07, 6.45) is 3.24. The summed E-state index contributed by atoms with van der Waals surface area (Å²) in [6, 6.07) is 12.3. The third kappa shape index (κ3) is 4.07. The van der Waals surface area contributed by atoms with Crippen molar-refractivity contribution in [3.8, 4) is 5.75 Å². The van der Waals surface area contributed by atoms with Gasteiger partial charge in [0.2, 0.25) is 0 Å². The topological polar surface area (TPSA) is 126 Å². The van der Waals surface area contributed by atoms with Crippen LogP contribution in [0.15, 0.2) is 75.0 Å². The average Bonchev–Trinajstić information content (AvgIpc) is 3.67. The van der Waals surface area contributed by atoms with Crippen LogP contribution in [0.4, 0.5) is 4.79 Å². The Morgan fingerprint density at radius 2 is 1.71 bits per heavy atom. The highest BCUT2D eigenvalue weighted by Gasteiger charge is 2.47. The van der Waals surface area contributed by atoms with Gasteiger partial charge in [-0.05, 0) is 54.1 Å². The summed E-state index contributed by atoms with van der Waals surface area (Å²) in [5.74, 6) is -1.23. The number of ether oxygens (including phenoxy) is 1. The number of carbonyl (C=O) groups is 4. The van der Waals surface area contributed by atoms with Crippen LogP contribution in [0, 0.1) is 0 Å². The highest BCUT2D eigenvalue weighted by atomic mass is 16.5. The lowest BCUT2D eigenvalue weighted by Gasteiger charge is -2.22. The maximum Gasteiger partial charge on any atom is 0.335 e. The van der Waals surface area contributed by atoms with Gasteiger partial charge in [0.05, 0.1) is 31.9 Å². The second-order valence-corrected chi connectivity index (χ2v) is 7.89. The zero-order chi connectivity index (χ0) is 24.5. The third-order valence-corrected chi connectivity index (χ3v) is 5.78. The van der Waals surface area contributed by atoms with E-state index in [9.17, 15) is 19.2 Å². The third-order valence-electron chi connectivity index (χ3n) is 5.78. The zero-order valence-corrected chi connectivity index (χ0v) is 18.6. The molecule has 4 heterocycles. The van der Waals surface area contributed by atoms with Gasteiger partial charge in [-0.3, -0.25) is 14.4 Å². The monoisotopic (exact) mass is 476 g/mol. The van der Waals surface area contributed by atoms with E-state index in [4.69, 9.17) is 13.6 Å².